The molecule has 0 fully saturated rings. The smallest absolute Gasteiger partial charge is 0.228 e. The zero-order chi connectivity index (χ0) is 15.7. The van der Waals surface area contributed by atoms with E-state index in [2.05, 4.69) is 20.3 Å². The van der Waals surface area contributed by atoms with Gasteiger partial charge in [0.25, 0.3) is 0 Å². The van der Waals surface area contributed by atoms with Crippen molar-refractivity contribution in [1.82, 2.24) is 15.0 Å². The van der Waals surface area contributed by atoms with Gasteiger partial charge in [0, 0.05) is 17.4 Å². The van der Waals surface area contributed by atoms with Crippen LogP contribution in [0.3, 0.4) is 0 Å². The van der Waals surface area contributed by atoms with Crippen LogP contribution in [0, 0.1) is 10.6 Å². The summed E-state index contributed by atoms with van der Waals surface area (Å²) >= 11 is 10.6. The van der Waals surface area contributed by atoms with E-state index in [1.165, 1.54) is 12.3 Å². The molecule has 22 heavy (non-hydrogen) atoms. The van der Waals surface area contributed by atoms with E-state index in [-0.39, 0.29) is 23.0 Å². The Labute approximate surface area is 134 Å². The highest BCUT2D eigenvalue weighted by Gasteiger charge is 2.12. The van der Waals surface area contributed by atoms with Crippen LogP contribution in [0.4, 0.5) is 10.1 Å². The van der Waals surface area contributed by atoms with Gasteiger partial charge >= 0.3 is 0 Å². The molecule has 2 heterocycles. The molecule has 2 aromatic heterocycles. The molecule has 112 valence electrons. The van der Waals surface area contributed by atoms with Gasteiger partial charge in [0.05, 0.1) is 17.5 Å². The van der Waals surface area contributed by atoms with E-state index in [1.807, 2.05) is 0 Å². The lowest BCUT2D eigenvalue weighted by Crippen LogP contribution is -2.15. The second kappa shape index (κ2) is 5.86. The number of nitrogens with one attached hydrogen (secondary N) is 3. The highest BCUT2D eigenvalue weighted by Crippen LogP contribution is 2.18. The van der Waals surface area contributed by atoms with E-state index in [4.69, 9.17) is 23.8 Å². The number of rotatable bonds is 3. The molecule has 0 saturated carbocycles. The van der Waals surface area contributed by atoms with Crippen molar-refractivity contribution >= 4 is 46.4 Å². The molecule has 3 N–H and O–H groups in total. The summed E-state index contributed by atoms with van der Waals surface area (Å²) in [5.74, 6) is -1.03. The first-order chi connectivity index (χ1) is 10.5. The Morgan fingerprint density at radius 3 is 2.91 bits per heavy atom. The van der Waals surface area contributed by atoms with Gasteiger partial charge in [-0.05, 0) is 36.5 Å². The predicted octanol–water partition coefficient (Wildman–Crippen LogP) is 3.59. The molecule has 5 nitrogen and oxygen atoms in total. The van der Waals surface area contributed by atoms with E-state index in [0.717, 1.165) is 11.0 Å². The SMILES string of the molecule is O=C(Cc1ccnc(Cl)c1F)Nc1ccc2[nH]c(=S)[nH]c2c1. The van der Waals surface area contributed by atoms with Crippen LogP contribution in [-0.4, -0.2) is 20.9 Å². The van der Waals surface area contributed by atoms with Gasteiger partial charge in [-0.1, -0.05) is 11.6 Å². The summed E-state index contributed by atoms with van der Waals surface area (Å²) in [5, 5.41) is 2.46. The van der Waals surface area contributed by atoms with Gasteiger partial charge in [0.15, 0.2) is 15.7 Å². The third-order valence-corrected chi connectivity index (χ3v) is 3.55. The summed E-state index contributed by atoms with van der Waals surface area (Å²) in [6, 6.07) is 6.69. The van der Waals surface area contributed by atoms with Crippen molar-refractivity contribution in [3.8, 4) is 0 Å². The first kappa shape index (κ1) is 14.7. The van der Waals surface area contributed by atoms with Crippen molar-refractivity contribution in [1.29, 1.82) is 0 Å². The maximum Gasteiger partial charge on any atom is 0.228 e. The predicted molar refractivity (Wildman–Crippen MR) is 85.0 cm³/mol. The summed E-state index contributed by atoms with van der Waals surface area (Å²) in [7, 11) is 0. The topological polar surface area (TPSA) is 73.6 Å². The minimum atomic E-state index is -0.676. The van der Waals surface area contributed by atoms with Gasteiger partial charge < -0.3 is 15.3 Å². The Hall–Kier alpha value is -2.25. The first-order valence-corrected chi connectivity index (χ1v) is 7.12. The lowest BCUT2D eigenvalue weighted by molar-refractivity contribution is -0.115. The average Bonchev–Trinajstić information content (AvgIpc) is 2.83. The zero-order valence-electron chi connectivity index (χ0n) is 11.1. The van der Waals surface area contributed by atoms with Crippen molar-refractivity contribution in [2.45, 2.75) is 6.42 Å². The summed E-state index contributed by atoms with van der Waals surface area (Å²) in [5.41, 5.74) is 2.40. The van der Waals surface area contributed by atoms with E-state index in [0.29, 0.717) is 10.5 Å². The van der Waals surface area contributed by atoms with Crippen molar-refractivity contribution in [3.63, 3.8) is 0 Å². The first-order valence-electron chi connectivity index (χ1n) is 6.34. The summed E-state index contributed by atoms with van der Waals surface area (Å²) in [6.07, 6.45) is 1.23. The highest BCUT2D eigenvalue weighted by atomic mass is 35.5. The number of carbonyl (C=O) groups is 1. The normalized spacial score (nSPS) is 10.8. The van der Waals surface area contributed by atoms with E-state index in [1.54, 1.807) is 18.2 Å². The minimum absolute atomic E-state index is 0.130. The molecule has 0 saturated heterocycles. The van der Waals surface area contributed by atoms with Crippen LogP contribution in [0.15, 0.2) is 30.5 Å². The van der Waals surface area contributed by atoms with Crippen molar-refractivity contribution < 1.29 is 9.18 Å². The maximum absolute atomic E-state index is 13.7. The Balaban J connectivity index is 1.77. The molecule has 0 atom stereocenters. The van der Waals surface area contributed by atoms with Gasteiger partial charge in [-0.15, -0.1) is 0 Å². The number of nitrogens with zero attached hydrogens (tertiary/aromatic N) is 1. The quantitative estimate of drug-likeness (QED) is 0.505. The van der Waals surface area contributed by atoms with Crippen LogP contribution in [0.5, 0.6) is 0 Å². The third kappa shape index (κ3) is 3.00. The minimum Gasteiger partial charge on any atom is -0.331 e. The number of pyridine rings is 1. The number of imidazole rings is 1. The molecule has 0 bridgehead atoms. The number of amides is 1. The molecule has 0 aliphatic heterocycles. The molecule has 8 heteroatoms. The molecule has 0 spiro atoms. The standard InChI is InChI=1S/C14H10ClFN4OS/c15-13-12(16)7(3-4-17-13)5-11(21)18-8-1-2-9-10(6-8)20-14(22)19-9/h1-4,6H,5H2,(H,18,21)(H2,19,20,22). The molecule has 3 aromatic rings. The van der Waals surface area contributed by atoms with Gasteiger partial charge in [-0.2, -0.15) is 0 Å². The van der Waals surface area contributed by atoms with E-state index >= 15 is 0 Å². The van der Waals surface area contributed by atoms with Crippen LogP contribution in [-0.2, 0) is 11.2 Å². The second-order valence-electron chi connectivity index (χ2n) is 4.64. The monoisotopic (exact) mass is 336 g/mol. The number of anilines is 1. The molecule has 0 aliphatic carbocycles. The Morgan fingerprint density at radius 2 is 2.09 bits per heavy atom. The summed E-state index contributed by atoms with van der Waals surface area (Å²) in [4.78, 5) is 21.5. The number of H-pyrrole nitrogens is 2. The second-order valence-corrected chi connectivity index (χ2v) is 5.41. The van der Waals surface area contributed by atoms with Gasteiger partial charge in [0.2, 0.25) is 5.91 Å². The van der Waals surface area contributed by atoms with Gasteiger partial charge in [0.1, 0.15) is 0 Å². The number of aromatic amines is 2. The molecule has 1 aromatic carbocycles. The van der Waals surface area contributed by atoms with Crippen molar-refractivity contribution in [2.75, 3.05) is 5.32 Å². The number of aromatic nitrogens is 3. The van der Waals surface area contributed by atoms with Crippen LogP contribution < -0.4 is 5.32 Å². The lowest BCUT2D eigenvalue weighted by Gasteiger charge is -2.06. The number of hydrogen-bond donors (Lipinski definition) is 3. The summed E-state index contributed by atoms with van der Waals surface area (Å²) < 4.78 is 14.2. The number of hydrogen-bond acceptors (Lipinski definition) is 3. The molecule has 0 aliphatic rings. The number of halogens is 2. The van der Waals surface area contributed by atoms with Crippen molar-refractivity contribution in [2.24, 2.45) is 0 Å². The fourth-order valence-corrected chi connectivity index (χ4v) is 2.48. The fourth-order valence-electron chi connectivity index (χ4n) is 2.08. The molecule has 0 radical (unpaired) electrons. The zero-order valence-corrected chi connectivity index (χ0v) is 12.7. The van der Waals surface area contributed by atoms with Crippen LogP contribution >= 0.6 is 23.8 Å². The Bertz CT molecular complexity index is 921. The molecule has 0 unspecified atom stereocenters. The molecule has 3 rings (SSSR count). The van der Waals surface area contributed by atoms with Gasteiger partial charge in [-0.25, -0.2) is 9.37 Å². The van der Waals surface area contributed by atoms with Crippen LogP contribution in [0.2, 0.25) is 5.15 Å². The summed E-state index contributed by atoms with van der Waals surface area (Å²) in [6.45, 7) is 0. The molecule has 1 amide bonds. The average molecular weight is 337 g/mol. The largest absolute Gasteiger partial charge is 0.331 e. The van der Waals surface area contributed by atoms with E-state index < -0.39 is 5.82 Å². The number of benzene rings is 1. The molecular weight excluding hydrogens is 327 g/mol. The number of fused-ring (bicyclic) bond motifs is 1. The Morgan fingerprint density at radius 1 is 1.32 bits per heavy atom. The van der Waals surface area contributed by atoms with E-state index in [9.17, 15) is 9.18 Å². The maximum atomic E-state index is 13.7. The van der Waals surface area contributed by atoms with Crippen molar-refractivity contribution in [3.05, 3.63) is 51.8 Å². The van der Waals surface area contributed by atoms with Crippen LogP contribution in [0.1, 0.15) is 5.56 Å². The van der Waals surface area contributed by atoms with Crippen LogP contribution in [0.25, 0.3) is 11.0 Å². The molecular formula is C14H10ClFN4OS. The number of carbonyl (C=O) groups excluding carboxylic acids is 1. The fraction of sp³-hybridized carbons (Fsp3) is 0.0714. The Kier molecular flexibility index (Phi) is 3.91. The third-order valence-electron chi connectivity index (χ3n) is 3.08. The lowest BCUT2D eigenvalue weighted by atomic mass is 10.1. The highest BCUT2D eigenvalue weighted by molar-refractivity contribution is 7.71. The van der Waals surface area contributed by atoms with Gasteiger partial charge in [-0.3, -0.25) is 4.79 Å².